The van der Waals surface area contributed by atoms with Gasteiger partial charge < -0.3 is 5.73 Å². The second kappa shape index (κ2) is 4.20. The van der Waals surface area contributed by atoms with Crippen LogP contribution >= 0.6 is 11.6 Å². The van der Waals surface area contributed by atoms with Gasteiger partial charge in [0.15, 0.2) is 0 Å². The lowest BCUT2D eigenvalue weighted by Gasteiger charge is -2.09. The topological polar surface area (TPSA) is 43.8 Å². The molecule has 2 N–H and O–H groups in total. The van der Waals surface area contributed by atoms with E-state index in [-0.39, 0.29) is 11.6 Å². The van der Waals surface area contributed by atoms with Crippen LogP contribution in [0.3, 0.4) is 0 Å². The molecule has 1 aromatic heterocycles. The first kappa shape index (κ1) is 11.9. The lowest BCUT2D eigenvalue weighted by Crippen LogP contribution is -2.05. The third kappa shape index (κ3) is 1.74. The van der Waals surface area contributed by atoms with Gasteiger partial charge in [0.2, 0.25) is 5.95 Å². The fourth-order valence-corrected chi connectivity index (χ4v) is 2.29. The van der Waals surface area contributed by atoms with Crippen LogP contribution in [0.5, 0.6) is 0 Å². The molecule has 0 bridgehead atoms. The number of halogens is 3. The first-order valence-electron chi connectivity index (χ1n) is 5.46. The number of hydrogen-bond donors (Lipinski definition) is 1. The van der Waals surface area contributed by atoms with Crippen LogP contribution in [0.1, 0.15) is 0 Å². The summed E-state index contributed by atoms with van der Waals surface area (Å²) in [6, 6.07) is 8.57. The molecule has 3 nitrogen and oxygen atoms in total. The molecule has 0 atom stereocenters. The maximum atomic E-state index is 13.9. The minimum absolute atomic E-state index is 0.0212. The molecule has 19 heavy (non-hydrogen) atoms. The van der Waals surface area contributed by atoms with Crippen LogP contribution in [0, 0.1) is 11.6 Å². The fourth-order valence-electron chi connectivity index (χ4n) is 2.03. The van der Waals surface area contributed by atoms with Crippen LogP contribution in [0.4, 0.5) is 14.7 Å². The molecule has 1 heterocycles. The first-order chi connectivity index (χ1) is 9.09. The van der Waals surface area contributed by atoms with Gasteiger partial charge in [-0.2, -0.15) is 0 Å². The van der Waals surface area contributed by atoms with E-state index in [0.29, 0.717) is 16.1 Å². The summed E-state index contributed by atoms with van der Waals surface area (Å²) in [6.45, 7) is 0. The highest BCUT2D eigenvalue weighted by Crippen LogP contribution is 2.31. The second-order valence-electron chi connectivity index (χ2n) is 3.98. The maximum absolute atomic E-state index is 13.9. The van der Waals surface area contributed by atoms with E-state index in [4.69, 9.17) is 17.3 Å². The van der Waals surface area contributed by atoms with E-state index < -0.39 is 11.6 Å². The van der Waals surface area contributed by atoms with Crippen LogP contribution in [-0.2, 0) is 0 Å². The predicted molar refractivity (Wildman–Crippen MR) is 70.4 cm³/mol. The highest BCUT2D eigenvalue weighted by atomic mass is 35.5. The van der Waals surface area contributed by atoms with Crippen molar-refractivity contribution in [3.8, 4) is 5.69 Å². The van der Waals surface area contributed by atoms with Gasteiger partial charge >= 0.3 is 0 Å². The summed E-state index contributed by atoms with van der Waals surface area (Å²) in [7, 11) is 0. The summed E-state index contributed by atoms with van der Waals surface area (Å²) in [5, 5.41) is 0.323. The Hall–Kier alpha value is -2.14. The number of nitrogen functional groups attached to an aromatic ring is 1. The Morgan fingerprint density at radius 1 is 1.05 bits per heavy atom. The van der Waals surface area contributed by atoms with Gasteiger partial charge in [-0.05, 0) is 24.3 Å². The Morgan fingerprint density at radius 3 is 2.37 bits per heavy atom. The molecule has 96 valence electrons. The van der Waals surface area contributed by atoms with Crippen molar-refractivity contribution in [1.82, 2.24) is 9.55 Å². The number of hydrogen-bond acceptors (Lipinski definition) is 2. The molecule has 3 aromatic rings. The quantitative estimate of drug-likeness (QED) is 0.740. The van der Waals surface area contributed by atoms with Crippen molar-refractivity contribution in [1.29, 1.82) is 0 Å². The summed E-state index contributed by atoms with van der Waals surface area (Å²) in [5.74, 6) is -1.48. The summed E-state index contributed by atoms with van der Waals surface area (Å²) in [5.41, 5.74) is 6.33. The Kier molecular flexibility index (Phi) is 2.64. The summed E-state index contributed by atoms with van der Waals surface area (Å²) in [6.07, 6.45) is 0. The van der Waals surface area contributed by atoms with Crippen molar-refractivity contribution in [3.05, 3.63) is 53.1 Å². The van der Waals surface area contributed by atoms with Gasteiger partial charge in [0.05, 0.1) is 16.1 Å². The van der Waals surface area contributed by atoms with Gasteiger partial charge in [0.1, 0.15) is 17.3 Å². The molecule has 6 heteroatoms. The number of nitrogens with two attached hydrogens (primary N) is 1. The van der Waals surface area contributed by atoms with Gasteiger partial charge in [0, 0.05) is 0 Å². The lowest BCUT2D eigenvalue weighted by atomic mass is 10.2. The highest BCUT2D eigenvalue weighted by Gasteiger charge is 2.18. The van der Waals surface area contributed by atoms with Crippen molar-refractivity contribution in [3.63, 3.8) is 0 Å². The molecule has 0 aliphatic carbocycles. The van der Waals surface area contributed by atoms with Crippen LogP contribution in [0.15, 0.2) is 36.4 Å². The molecule has 0 spiro atoms. The van der Waals surface area contributed by atoms with E-state index in [1.807, 2.05) is 0 Å². The highest BCUT2D eigenvalue weighted by molar-refractivity contribution is 6.35. The van der Waals surface area contributed by atoms with E-state index in [1.165, 1.54) is 10.6 Å². The van der Waals surface area contributed by atoms with Crippen molar-refractivity contribution in [2.24, 2.45) is 0 Å². The van der Waals surface area contributed by atoms with Crippen LogP contribution < -0.4 is 5.73 Å². The van der Waals surface area contributed by atoms with E-state index in [9.17, 15) is 8.78 Å². The maximum Gasteiger partial charge on any atom is 0.206 e. The molecular formula is C13H8ClF2N3. The molecule has 0 unspecified atom stereocenters. The fraction of sp³-hybridized carbons (Fsp3) is 0. The number of imidazole rings is 1. The summed E-state index contributed by atoms with van der Waals surface area (Å²) >= 11 is 6.07. The number of anilines is 1. The van der Waals surface area contributed by atoms with E-state index >= 15 is 0 Å². The average Bonchev–Trinajstić information content (AvgIpc) is 2.67. The van der Waals surface area contributed by atoms with Gasteiger partial charge in [-0.15, -0.1) is 0 Å². The average molecular weight is 280 g/mol. The normalized spacial score (nSPS) is 11.1. The monoisotopic (exact) mass is 279 g/mol. The zero-order chi connectivity index (χ0) is 13.6. The molecule has 0 aliphatic rings. The summed E-state index contributed by atoms with van der Waals surface area (Å²) in [4.78, 5) is 4.06. The zero-order valence-corrected chi connectivity index (χ0v) is 10.3. The number of fused-ring (bicyclic) bond motifs is 1. The Labute approximate surface area is 112 Å². The van der Waals surface area contributed by atoms with Crippen molar-refractivity contribution in [2.45, 2.75) is 0 Å². The molecule has 0 amide bonds. The smallest absolute Gasteiger partial charge is 0.206 e. The molecule has 0 radical (unpaired) electrons. The van der Waals surface area contributed by atoms with Gasteiger partial charge in [0.25, 0.3) is 0 Å². The zero-order valence-electron chi connectivity index (χ0n) is 9.57. The van der Waals surface area contributed by atoms with E-state index in [1.54, 1.807) is 18.2 Å². The molecule has 0 aliphatic heterocycles. The summed E-state index contributed by atoms with van der Waals surface area (Å²) < 4.78 is 28.9. The minimum Gasteiger partial charge on any atom is -0.369 e. The predicted octanol–water partition coefficient (Wildman–Crippen LogP) is 3.54. The SMILES string of the molecule is Nc1nc2cccc(Cl)c2n1-c1c(F)cccc1F. The molecule has 0 saturated heterocycles. The Balaban J connectivity index is 2.46. The van der Waals surface area contributed by atoms with Crippen molar-refractivity contribution >= 4 is 28.6 Å². The molecule has 0 saturated carbocycles. The van der Waals surface area contributed by atoms with E-state index in [0.717, 1.165) is 12.1 Å². The number of benzene rings is 2. The first-order valence-corrected chi connectivity index (χ1v) is 5.84. The van der Waals surface area contributed by atoms with Crippen molar-refractivity contribution in [2.75, 3.05) is 5.73 Å². The van der Waals surface area contributed by atoms with Gasteiger partial charge in [-0.25, -0.2) is 13.8 Å². The molecular weight excluding hydrogens is 272 g/mol. The number of rotatable bonds is 1. The largest absolute Gasteiger partial charge is 0.369 e. The van der Waals surface area contributed by atoms with Crippen LogP contribution in [0.25, 0.3) is 16.7 Å². The standard InChI is InChI=1S/C13H8ClF2N3/c14-7-3-1-6-10-11(7)19(13(17)18-10)12-8(15)4-2-5-9(12)16/h1-6H,(H2,17,18). The lowest BCUT2D eigenvalue weighted by molar-refractivity contribution is 0.572. The van der Waals surface area contributed by atoms with Crippen LogP contribution in [0.2, 0.25) is 5.02 Å². The molecule has 0 fully saturated rings. The Morgan fingerprint density at radius 2 is 1.68 bits per heavy atom. The third-order valence-electron chi connectivity index (χ3n) is 2.81. The second-order valence-corrected chi connectivity index (χ2v) is 4.39. The third-order valence-corrected chi connectivity index (χ3v) is 3.12. The van der Waals surface area contributed by atoms with Gasteiger partial charge in [-0.1, -0.05) is 23.7 Å². The molecule has 2 aromatic carbocycles. The Bertz CT molecular complexity index is 763. The van der Waals surface area contributed by atoms with Gasteiger partial charge in [-0.3, -0.25) is 4.57 Å². The van der Waals surface area contributed by atoms with E-state index in [2.05, 4.69) is 4.98 Å². The minimum atomic E-state index is -0.731. The molecule has 3 rings (SSSR count). The van der Waals surface area contributed by atoms with Crippen molar-refractivity contribution < 1.29 is 8.78 Å². The van der Waals surface area contributed by atoms with Crippen LogP contribution in [-0.4, -0.2) is 9.55 Å². The number of para-hydroxylation sites is 2. The number of aromatic nitrogens is 2. The number of nitrogens with zero attached hydrogens (tertiary/aromatic N) is 2.